The van der Waals surface area contributed by atoms with Crippen LogP contribution in [0.5, 0.6) is 0 Å². The van der Waals surface area contributed by atoms with Crippen LogP contribution in [0.1, 0.15) is 31.2 Å². The highest BCUT2D eigenvalue weighted by atomic mass is 16.3. The Morgan fingerprint density at radius 3 is 2.74 bits per heavy atom. The number of aliphatic hydroxyl groups is 1. The fourth-order valence-corrected chi connectivity index (χ4v) is 2.89. The Bertz CT molecular complexity index is 625. The lowest BCUT2D eigenvalue weighted by atomic mass is 9.93. The van der Waals surface area contributed by atoms with Gasteiger partial charge in [-0.3, -0.25) is 4.68 Å². The second-order valence-electron chi connectivity index (χ2n) is 5.96. The molecule has 0 aliphatic heterocycles. The molecule has 2 atom stereocenters. The molecule has 2 amide bonds. The minimum Gasteiger partial charge on any atom is -0.391 e. The van der Waals surface area contributed by atoms with Crippen LogP contribution in [0.15, 0.2) is 42.7 Å². The Labute approximate surface area is 135 Å². The molecule has 1 saturated carbocycles. The molecule has 1 aliphatic carbocycles. The van der Waals surface area contributed by atoms with Crippen LogP contribution in [0.4, 0.5) is 10.5 Å². The highest BCUT2D eigenvalue weighted by molar-refractivity contribution is 5.89. The number of benzene rings is 1. The maximum atomic E-state index is 12.0. The Kier molecular flexibility index (Phi) is 4.92. The van der Waals surface area contributed by atoms with E-state index in [1.807, 2.05) is 41.2 Å². The fraction of sp³-hybridized carbons (Fsp3) is 0.412. The van der Waals surface area contributed by atoms with Gasteiger partial charge in [-0.15, -0.1) is 0 Å². The average molecular weight is 314 g/mol. The molecular weight excluding hydrogens is 292 g/mol. The number of aliphatic hydroxyl groups excluding tert-OH is 1. The van der Waals surface area contributed by atoms with E-state index in [2.05, 4.69) is 15.7 Å². The van der Waals surface area contributed by atoms with E-state index in [4.69, 9.17) is 0 Å². The Hall–Kier alpha value is -2.34. The number of amides is 2. The monoisotopic (exact) mass is 314 g/mol. The summed E-state index contributed by atoms with van der Waals surface area (Å²) in [4.78, 5) is 12.0. The standard InChI is InChI=1S/C17H22N4O2/c22-16-5-2-1-4-15(16)20-17(23)19-14-8-6-13(7-9-14)12-21-11-3-10-18-21/h3,6-11,15-16,22H,1-2,4-5,12H2,(H2,19,20,23). The van der Waals surface area contributed by atoms with Crippen LogP contribution < -0.4 is 10.6 Å². The highest BCUT2D eigenvalue weighted by Crippen LogP contribution is 2.18. The van der Waals surface area contributed by atoms with E-state index in [9.17, 15) is 9.90 Å². The Balaban J connectivity index is 1.52. The van der Waals surface area contributed by atoms with E-state index < -0.39 is 6.10 Å². The van der Waals surface area contributed by atoms with Crippen LogP contribution in [-0.2, 0) is 6.54 Å². The summed E-state index contributed by atoms with van der Waals surface area (Å²) in [7, 11) is 0. The molecule has 1 aromatic carbocycles. The first-order valence-corrected chi connectivity index (χ1v) is 8.03. The van der Waals surface area contributed by atoms with Crippen molar-refractivity contribution in [2.45, 2.75) is 44.4 Å². The largest absolute Gasteiger partial charge is 0.391 e. The van der Waals surface area contributed by atoms with Gasteiger partial charge in [-0.2, -0.15) is 5.10 Å². The van der Waals surface area contributed by atoms with E-state index in [1.54, 1.807) is 6.20 Å². The minimum absolute atomic E-state index is 0.150. The highest BCUT2D eigenvalue weighted by Gasteiger charge is 2.24. The van der Waals surface area contributed by atoms with Crippen molar-refractivity contribution in [3.63, 3.8) is 0 Å². The lowest BCUT2D eigenvalue weighted by Gasteiger charge is -2.28. The predicted molar refractivity (Wildman–Crippen MR) is 88.2 cm³/mol. The number of hydrogen-bond acceptors (Lipinski definition) is 3. The minimum atomic E-state index is -0.439. The summed E-state index contributed by atoms with van der Waals surface area (Å²) in [6, 6.07) is 9.14. The first-order chi connectivity index (χ1) is 11.2. The van der Waals surface area contributed by atoms with Gasteiger partial charge in [0.05, 0.1) is 18.7 Å². The summed E-state index contributed by atoms with van der Waals surface area (Å²) in [6.45, 7) is 0.702. The van der Waals surface area contributed by atoms with Crippen molar-refractivity contribution in [3.05, 3.63) is 48.3 Å². The quantitative estimate of drug-likeness (QED) is 0.810. The molecule has 2 aromatic rings. The summed E-state index contributed by atoms with van der Waals surface area (Å²) in [5, 5.41) is 19.7. The maximum absolute atomic E-state index is 12.0. The molecule has 23 heavy (non-hydrogen) atoms. The van der Waals surface area contributed by atoms with Crippen molar-refractivity contribution < 1.29 is 9.90 Å². The zero-order valence-electron chi connectivity index (χ0n) is 13.0. The summed E-state index contributed by atoms with van der Waals surface area (Å²) in [5.74, 6) is 0. The van der Waals surface area contributed by atoms with Crippen LogP contribution in [-0.4, -0.2) is 33.1 Å². The van der Waals surface area contributed by atoms with Gasteiger partial charge in [-0.05, 0) is 36.6 Å². The average Bonchev–Trinajstić information content (AvgIpc) is 3.04. The number of aromatic nitrogens is 2. The molecule has 0 bridgehead atoms. The molecule has 0 spiro atoms. The van der Waals surface area contributed by atoms with Crippen molar-refractivity contribution in [1.82, 2.24) is 15.1 Å². The van der Waals surface area contributed by atoms with Gasteiger partial charge in [0.15, 0.2) is 0 Å². The summed E-state index contributed by atoms with van der Waals surface area (Å²) in [5.41, 5.74) is 1.85. The van der Waals surface area contributed by atoms with Crippen molar-refractivity contribution in [2.75, 3.05) is 5.32 Å². The molecular formula is C17H22N4O2. The molecule has 6 nitrogen and oxygen atoms in total. The third-order valence-electron chi connectivity index (χ3n) is 4.16. The van der Waals surface area contributed by atoms with Crippen LogP contribution in [0.3, 0.4) is 0 Å². The molecule has 1 heterocycles. The van der Waals surface area contributed by atoms with Crippen LogP contribution in [0.25, 0.3) is 0 Å². The predicted octanol–water partition coefficient (Wildman–Crippen LogP) is 2.36. The lowest BCUT2D eigenvalue weighted by molar-refractivity contribution is 0.0955. The number of urea groups is 1. The number of carbonyl (C=O) groups is 1. The van der Waals surface area contributed by atoms with E-state index in [0.717, 1.165) is 36.9 Å². The van der Waals surface area contributed by atoms with Crippen LogP contribution in [0.2, 0.25) is 0 Å². The zero-order valence-corrected chi connectivity index (χ0v) is 13.0. The Morgan fingerprint density at radius 2 is 2.04 bits per heavy atom. The third kappa shape index (κ3) is 4.32. The topological polar surface area (TPSA) is 79.2 Å². The number of nitrogens with zero attached hydrogens (tertiary/aromatic N) is 2. The molecule has 0 saturated heterocycles. The molecule has 6 heteroatoms. The SMILES string of the molecule is O=C(Nc1ccc(Cn2cccn2)cc1)NC1CCCCC1O. The van der Waals surface area contributed by atoms with Gasteiger partial charge in [-0.1, -0.05) is 25.0 Å². The first-order valence-electron chi connectivity index (χ1n) is 8.03. The smallest absolute Gasteiger partial charge is 0.319 e. The molecule has 122 valence electrons. The van der Waals surface area contributed by atoms with E-state index >= 15 is 0 Å². The lowest BCUT2D eigenvalue weighted by Crippen LogP contribution is -2.46. The number of anilines is 1. The fourth-order valence-electron chi connectivity index (χ4n) is 2.89. The summed E-state index contributed by atoms with van der Waals surface area (Å²) in [6.07, 6.45) is 6.88. The first kappa shape index (κ1) is 15.6. The number of carbonyl (C=O) groups excluding carboxylic acids is 1. The third-order valence-corrected chi connectivity index (χ3v) is 4.16. The molecule has 1 aromatic heterocycles. The normalized spacial score (nSPS) is 20.9. The molecule has 0 radical (unpaired) electrons. The van der Waals surface area contributed by atoms with Crippen LogP contribution >= 0.6 is 0 Å². The van der Waals surface area contributed by atoms with E-state index in [0.29, 0.717) is 6.54 Å². The van der Waals surface area contributed by atoms with Crippen LogP contribution in [0, 0.1) is 0 Å². The van der Waals surface area contributed by atoms with E-state index in [1.165, 1.54) is 0 Å². The maximum Gasteiger partial charge on any atom is 0.319 e. The van der Waals surface area contributed by atoms with Crippen molar-refractivity contribution >= 4 is 11.7 Å². The second kappa shape index (κ2) is 7.28. The van der Waals surface area contributed by atoms with Gasteiger partial charge < -0.3 is 15.7 Å². The zero-order chi connectivity index (χ0) is 16.1. The molecule has 3 rings (SSSR count). The van der Waals surface area contributed by atoms with Gasteiger partial charge in [0.25, 0.3) is 0 Å². The molecule has 1 fully saturated rings. The second-order valence-corrected chi connectivity index (χ2v) is 5.96. The Morgan fingerprint density at radius 1 is 1.26 bits per heavy atom. The van der Waals surface area contributed by atoms with Crippen molar-refractivity contribution in [2.24, 2.45) is 0 Å². The van der Waals surface area contributed by atoms with Crippen molar-refractivity contribution in [3.8, 4) is 0 Å². The number of rotatable bonds is 4. The molecule has 2 unspecified atom stereocenters. The molecule has 1 aliphatic rings. The molecule has 3 N–H and O–H groups in total. The van der Waals surface area contributed by atoms with Gasteiger partial charge in [0.2, 0.25) is 0 Å². The van der Waals surface area contributed by atoms with Gasteiger partial charge in [0, 0.05) is 18.1 Å². The van der Waals surface area contributed by atoms with Gasteiger partial charge in [0.1, 0.15) is 0 Å². The van der Waals surface area contributed by atoms with Gasteiger partial charge in [-0.25, -0.2) is 4.79 Å². The number of nitrogens with one attached hydrogen (secondary N) is 2. The van der Waals surface area contributed by atoms with E-state index in [-0.39, 0.29) is 12.1 Å². The van der Waals surface area contributed by atoms with Crippen molar-refractivity contribution in [1.29, 1.82) is 0 Å². The summed E-state index contributed by atoms with van der Waals surface area (Å²) < 4.78 is 1.85. The van der Waals surface area contributed by atoms with Gasteiger partial charge >= 0.3 is 6.03 Å². The summed E-state index contributed by atoms with van der Waals surface area (Å²) >= 11 is 0. The number of hydrogen-bond donors (Lipinski definition) is 3.